The van der Waals surface area contributed by atoms with E-state index in [1.54, 1.807) is 12.1 Å². The fourth-order valence-corrected chi connectivity index (χ4v) is 4.96. The SMILES string of the molecule is CC(C)(C)OC(=O)N1C[C@H](O)[C@@]2(CN=C(N3CCc4ccccc4[C@@H]3c3ccc(F)cc3)O2)C1. The number of carbonyl (C=O) groups is 1. The first-order valence-electron chi connectivity index (χ1n) is 11.6. The molecule has 8 heteroatoms. The number of amidine groups is 1. The second-order valence-electron chi connectivity index (χ2n) is 10.2. The van der Waals surface area contributed by atoms with Gasteiger partial charge in [0.25, 0.3) is 6.02 Å². The number of aliphatic hydroxyl groups excluding tert-OH is 1. The molecule has 0 bridgehead atoms. The molecule has 2 aromatic carbocycles. The third kappa shape index (κ3) is 4.11. The van der Waals surface area contributed by atoms with Crippen LogP contribution >= 0.6 is 0 Å². The maximum Gasteiger partial charge on any atom is 0.410 e. The Hall–Kier alpha value is -3.13. The molecule has 1 spiro atoms. The lowest BCUT2D eigenvalue weighted by molar-refractivity contribution is -0.0185. The van der Waals surface area contributed by atoms with Crippen molar-refractivity contribution in [2.75, 3.05) is 26.2 Å². The van der Waals surface area contributed by atoms with Gasteiger partial charge in [-0.05, 0) is 56.0 Å². The number of hydrogen-bond donors (Lipinski definition) is 1. The van der Waals surface area contributed by atoms with Crippen LogP contribution in [-0.4, -0.2) is 70.5 Å². The summed E-state index contributed by atoms with van der Waals surface area (Å²) in [5.74, 6) is -0.288. The van der Waals surface area contributed by atoms with E-state index in [1.807, 2.05) is 32.9 Å². The maximum absolute atomic E-state index is 13.7. The Bertz CT molecular complexity index is 1110. The minimum Gasteiger partial charge on any atom is -0.452 e. The highest BCUT2D eigenvalue weighted by Gasteiger charge is 2.54. The lowest BCUT2D eigenvalue weighted by Gasteiger charge is -2.39. The van der Waals surface area contributed by atoms with Crippen LogP contribution in [0.3, 0.4) is 0 Å². The van der Waals surface area contributed by atoms with Gasteiger partial charge in [-0.15, -0.1) is 0 Å². The Labute approximate surface area is 198 Å². The summed E-state index contributed by atoms with van der Waals surface area (Å²) in [7, 11) is 0. The third-order valence-electron chi connectivity index (χ3n) is 6.60. The fraction of sp³-hybridized carbons (Fsp3) is 0.462. The molecule has 5 rings (SSSR count). The molecule has 180 valence electrons. The minimum atomic E-state index is -1.00. The number of rotatable bonds is 1. The molecular formula is C26H30FN3O4. The highest BCUT2D eigenvalue weighted by atomic mass is 19.1. The van der Waals surface area contributed by atoms with E-state index in [4.69, 9.17) is 9.47 Å². The standard InChI is InChI=1S/C26H30FN3O4/c1-25(2,3)34-24(32)29-14-21(31)26(16-29)15-28-23(33-26)30-13-12-17-6-4-5-7-20(17)22(30)18-8-10-19(27)11-9-18/h4-11,21-22,31H,12-16H2,1-3H3/t21-,22-,26+/m0/s1. The number of carbonyl (C=O) groups excluding carboxylic acids is 1. The zero-order valence-corrected chi connectivity index (χ0v) is 19.7. The summed E-state index contributed by atoms with van der Waals surface area (Å²) in [6.07, 6.45) is -0.547. The molecule has 1 N–H and O–H groups in total. The monoisotopic (exact) mass is 467 g/mol. The number of benzene rings is 2. The van der Waals surface area contributed by atoms with Crippen molar-refractivity contribution in [1.29, 1.82) is 0 Å². The first-order valence-corrected chi connectivity index (χ1v) is 11.6. The van der Waals surface area contributed by atoms with Crippen LogP contribution in [-0.2, 0) is 15.9 Å². The van der Waals surface area contributed by atoms with Gasteiger partial charge in [-0.3, -0.25) is 0 Å². The van der Waals surface area contributed by atoms with Crippen molar-refractivity contribution in [3.63, 3.8) is 0 Å². The van der Waals surface area contributed by atoms with Crippen LogP contribution in [0.25, 0.3) is 0 Å². The second-order valence-corrected chi connectivity index (χ2v) is 10.2. The smallest absolute Gasteiger partial charge is 0.410 e. The summed E-state index contributed by atoms with van der Waals surface area (Å²) in [6, 6.07) is 15.0. The molecule has 3 aliphatic rings. The summed E-state index contributed by atoms with van der Waals surface area (Å²) in [5.41, 5.74) is 1.66. The van der Waals surface area contributed by atoms with Gasteiger partial charge in [0.1, 0.15) is 17.5 Å². The van der Waals surface area contributed by atoms with Gasteiger partial charge in [0.15, 0.2) is 5.60 Å². The van der Waals surface area contributed by atoms with Crippen molar-refractivity contribution in [2.45, 2.75) is 50.5 Å². The van der Waals surface area contributed by atoms with Crippen LogP contribution in [0.4, 0.5) is 9.18 Å². The quantitative estimate of drug-likeness (QED) is 0.695. The van der Waals surface area contributed by atoms with Gasteiger partial charge >= 0.3 is 6.09 Å². The minimum absolute atomic E-state index is 0.127. The number of amides is 1. The molecule has 0 aliphatic carbocycles. The van der Waals surface area contributed by atoms with Crippen LogP contribution in [0.15, 0.2) is 53.5 Å². The molecule has 1 fully saturated rings. The van der Waals surface area contributed by atoms with Crippen molar-refractivity contribution in [1.82, 2.24) is 9.80 Å². The number of nitrogens with zero attached hydrogens (tertiary/aromatic N) is 3. The average Bonchev–Trinajstić information content (AvgIpc) is 3.36. The third-order valence-corrected chi connectivity index (χ3v) is 6.60. The fourth-order valence-electron chi connectivity index (χ4n) is 4.96. The number of fused-ring (bicyclic) bond motifs is 1. The van der Waals surface area contributed by atoms with Crippen LogP contribution in [0, 0.1) is 5.82 Å². The number of ether oxygens (including phenoxy) is 2. The Morgan fingerprint density at radius 3 is 2.68 bits per heavy atom. The predicted octanol–water partition coefficient (Wildman–Crippen LogP) is 3.51. The number of likely N-dealkylation sites (tertiary alicyclic amines) is 1. The van der Waals surface area contributed by atoms with Gasteiger partial charge in [-0.25, -0.2) is 14.2 Å². The van der Waals surface area contributed by atoms with Crippen LogP contribution in [0.2, 0.25) is 0 Å². The number of β-amino-alcohol motifs (C(OH)–C–C–N with tert-alkyl or cyclic N) is 1. The topological polar surface area (TPSA) is 74.6 Å². The van der Waals surface area contributed by atoms with Crippen LogP contribution in [0.1, 0.15) is 43.5 Å². The molecule has 7 nitrogen and oxygen atoms in total. The summed E-state index contributed by atoms with van der Waals surface area (Å²) in [5, 5.41) is 10.9. The van der Waals surface area contributed by atoms with Gasteiger partial charge in [-0.1, -0.05) is 36.4 Å². The molecule has 1 amide bonds. The van der Waals surface area contributed by atoms with Crippen LogP contribution in [0.5, 0.6) is 0 Å². The summed E-state index contributed by atoms with van der Waals surface area (Å²) in [4.78, 5) is 20.8. The van der Waals surface area contributed by atoms with E-state index in [1.165, 1.54) is 22.6 Å². The van der Waals surface area contributed by atoms with Crippen molar-refractivity contribution in [3.05, 3.63) is 71.0 Å². The molecule has 0 saturated carbocycles. The number of hydrogen-bond acceptors (Lipinski definition) is 6. The lowest BCUT2D eigenvalue weighted by atomic mass is 9.88. The van der Waals surface area contributed by atoms with Gasteiger partial charge < -0.3 is 24.4 Å². The molecule has 3 atom stereocenters. The molecule has 3 heterocycles. The Morgan fingerprint density at radius 1 is 1.21 bits per heavy atom. The van der Waals surface area contributed by atoms with Crippen molar-refractivity contribution in [2.24, 2.45) is 4.99 Å². The zero-order chi connectivity index (χ0) is 24.1. The lowest BCUT2D eigenvalue weighted by Crippen LogP contribution is -2.49. The van der Waals surface area contributed by atoms with Crippen molar-refractivity contribution < 1.29 is 23.8 Å². The maximum atomic E-state index is 13.7. The normalized spacial score (nSPS) is 26.3. The Balaban J connectivity index is 1.40. The van der Waals surface area contributed by atoms with Gasteiger partial charge in [-0.2, -0.15) is 0 Å². The largest absolute Gasteiger partial charge is 0.452 e. The van der Waals surface area contributed by atoms with E-state index in [0.29, 0.717) is 12.6 Å². The molecule has 0 radical (unpaired) electrons. The van der Waals surface area contributed by atoms with Gasteiger partial charge in [0.2, 0.25) is 0 Å². The van der Waals surface area contributed by atoms with E-state index in [9.17, 15) is 14.3 Å². The number of aliphatic hydroxyl groups is 1. The molecule has 3 aliphatic heterocycles. The van der Waals surface area contributed by atoms with E-state index >= 15 is 0 Å². The van der Waals surface area contributed by atoms with Crippen molar-refractivity contribution in [3.8, 4) is 0 Å². The molecule has 34 heavy (non-hydrogen) atoms. The average molecular weight is 468 g/mol. The van der Waals surface area contributed by atoms with E-state index < -0.39 is 23.4 Å². The Morgan fingerprint density at radius 2 is 1.94 bits per heavy atom. The molecule has 1 saturated heterocycles. The van der Waals surface area contributed by atoms with E-state index in [2.05, 4.69) is 22.0 Å². The summed E-state index contributed by atoms with van der Waals surface area (Å²) < 4.78 is 25.5. The first-order chi connectivity index (χ1) is 16.2. The number of halogens is 1. The van der Waals surface area contributed by atoms with Crippen molar-refractivity contribution >= 4 is 12.1 Å². The molecule has 2 aromatic rings. The molecule has 0 unspecified atom stereocenters. The van der Waals surface area contributed by atoms with E-state index in [-0.39, 0.29) is 31.5 Å². The zero-order valence-electron chi connectivity index (χ0n) is 19.7. The predicted molar refractivity (Wildman–Crippen MR) is 125 cm³/mol. The number of aliphatic imine (C=N–C) groups is 1. The highest BCUT2D eigenvalue weighted by molar-refractivity contribution is 5.78. The van der Waals surface area contributed by atoms with Gasteiger partial charge in [0.05, 0.1) is 25.7 Å². The molecule has 0 aromatic heterocycles. The van der Waals surface area contributed by atoms with E-state index in [0.717, 1.165) is 17.5 Å². The van der Waals surface area contributed by atoms with Gasteiger partial charge in [0, 0.05) is 6.54 Å². The Kier molecular flexibility index (Phi) is 5.51. The second kappa shape index (κ2) is 8.27. The summed E-state index contributed by atoms with van der Waals surface area (Å²) in [6.45, 7) is 6.67. The first kappa shape index (κ1) is 22.7. The highest BCUT2D eigenvalue weighted by Crippen LogP contribution is 2.39. The molecular weight excluding hydrogens is 437 g/mol. The van der Waals surface area contributed by atoms with Crippen LogP contribution < -0.4 is 0 Å². The summed E-state index contributed by atoms with van der Waals surface area (Å²) >= 11 is 0.